The summed E-state index contributed by atoms with van der Waals surface area (Å²) in [5, 5.41) is 9.31. The Morgan fingerprint density at radius 1 is 1.12 bits per heavy atom. The topological polar surface area (TPSA) is 68.4 Å². The average Bonchev–Trinajstić information content (AvgIpc) is 2.98. The number of hydrogen-bond acceptors (Lipinski definition) is 5. The van der Waals surface area contributed by atoms with Crippen molar-refractivity contribution in [2.75, 3.05) is 18.5 Å². The van der Waals surface area contributed by atoms with E-state index in [1.807, 2.05) is 0 Å². The van der Waals surface area contributed by atoms with Gasteiger partial charge in [-0.3, -0.25) is 5.10 Å². The molecule has 24 heavy (non-hydrogen) atoms. The first-order chi connectivity index (χ1) is 11.4. The van der Waals surface area contributed by atoms with E-state index in [-0.39, 0.29) is 5.75 Å². The number of anilines is 2. The van der Waals surface area contributed by atoms with Crippen LogP contribution in [0, 0.1) is 0 Å². The predicted molar refractivity (Wildman–Crippen MR) is 81.0 cm³/mol. The number of aromatic nitrogens is 2. The summed E-state index contributed by atoms with van der Waals surface area (Å²) in [4.78, 5) is 0. The molecule has 2 rings (SSSR count). The molecule has 132 valence electrons. The molecule has 0 atom stereocenters. The van der Waals surface area contributed by atoms with Gasteiger partial charge in [0, 0.05) is 36.7 Å². The van der Waals surface area contributed by atoms with Gasteiger partial charge in [-0.2, -0.15) is 5.10 Å². The SMILES string of the molecule is CCOC(OCC)c1cc(Nc2cn[nH]c2)cc(OC(F)(F)F)c1. The maximum atomic E-state index is 12.6. The first kappa shape index (κ1) is 18.1. The number of aromatic amines is 1. The Labute approximate surface area is 136 Å². The maximum absolute atomic E-state index is 12.6. The Balaban J connectivity index is 2.34. The second-order valence-corrected chi connectivity index (χ2v) is 4.69. The lowest BCUT2D eigenvalue weighted by molar-refractivity contribution is -0.274. The first-order valence-corrected chi connectivity index (χ1v) is 7.31. The third-order valence-electron chi connectivity index (χ3n) is 2.86. The molecule has 0 unspecified atom stereocenters. The summed E-state index contributed by atoms with van der Waals surface area (Å²) in [6.07, 6.45) is -2.51. The van der Waals surface area contributed by atoms with E-state index in [1.165, 1.54) is 18.3 Å². The second kappa shape index (κ2) is 8.02. The highest BCUT2D eigenvalue weighted by Gasteiger charge is 2.31. The van der Waals surface area contributed by atoms with E-state index in [9.17, 15) is 13.2 Å². The molecule has 6 nitrogen and oxygen atoms in total. The van der Waals surface area contributed by atoms with Crippen molar-refractivity contribution < 1.29 is 27.4 Å². The van der Waals surface area contributed by atoms with Gasteiger partial charge in [0.15, 0.2) is 6.29 Å². The van der Waals surface area contributed by atoms with Gasteiger partial charge < -0.3 is 19.5 Å². The van der Waals surface area contributed by atoms with Crippen molar-refractivity contribution in [3.05, 3.63) is 36.2 Å². The summed E-state index contributed by atoms with van der Waals surface area (Å²) in [5.41, 5.74) is 1.39. The standard InChI is InChI=1S/C15H18F3N3O3/c1-3-22-14(23-4-2)10-5-11(21-12-8-19-20-9-12)7-13(6-10)24-15(16,17)18/h5-9,14,21H,3-4H2,1-2H3,(H,19,20). The molecule has 1 heterocycles. The van der Waals surface area contributed by atoms with Crippen LogP contribution >= 0.6 is 0 Å². The normalized spacial score (nSPS) is 11.8. The summed E-state index contributed by atoms with van der Waals surface area (Å²) >= 11 is 0. The van der Waals surface area contributed by atoms with E-state index in [0.29, 0.717) is 30.2 Å². The Morgan fingerprint density at radius 2 is 1.83 bits per heavy atom. The van der Waals surface area contributed by atoms with Crippen LogP contribution in [0.4, 0.5) is 24.5 Å². The zero-order valence-corrected chi connectivity index (χ0v) is 13.2. The smallest absolute Gasteiger partial charge is 0.406 e. The van der Waals surface area contributed by atoms with Gasteiger partial charge in [0.1, 0.15) is 5.75 Å². The minimum atomic E-state index is -4.79. The van der Waals surface area contributed by atoms with Gasteiger partial charge in [-0.25, -0.2) is 0 Å². The fourth-order valence-electron chi connectivity index (χ4n) is 2.05. The summed E-state index contributed by atoms with van der Waals surface area (Å²) in [6, 6.07) is 4.11. The van der Waals surface area contributed by atoms with E-state index >= 15 is 0 Å². The molecule has 0 aliphatic carbocycles. The van der Waals surface area contributed by atoms with Crippen LogP contribution in [-0.4, -0.2) is 29.8 Å². The molecule has 0 bridgehead atoms. The van der Waals surface area contributed by atoms with E-state index in [4.69, 9.17) is 9.47 Å². The monoisotopic (exact) mass is 345 g/mol. The summed E-state index contributed by atoms with van der Waals surface area (Å²) in [6.45, 7) is 4.23. The molecule has 0 aliphatic rings. The van der Waals surface area contributed by atoms with Crippen molar-refractivity contribution in [1.82, 2.24) is 10.2 Å². The first-order valence-electron chi connectivity index (χ1n) is 7.31. The zero-order chi connectivity index (χ0) is 17.6. The number of H-pyrrole nitrogens is 1. The van der Waals surface area contributed by atoms with Crippen LogP contribution in [-0.2, 0) is 9.47 Å². The van der Waals surface area contributed by atoms with E-state index < -0.39 is 12.7 Å². The highest BCUT2D eigenvalue weighted by Crippen LogP contribution is 2.32. The molecule has 0 fully saturated rings. The summed E-state index contributed by atoms with van der Waals surface area (Å²) in [7, 11) is 0. The van der Waals surface area contributed by atoms with Crippen molar-refractivity contribution in [2.45, 2.75) is 26.5 Å². The van der Waals surface area contributed by atoms with Gasteiger partial charge >= 0.3 is 6.36 Å². The fraction of sp³-hybridized carbons (Fsp3) is 0.400. The maximum Gasteiger partial charge on any atom is 0.573 e. The number of nitrogens with one attached hydrogen (secondary N) is 2. The summed E-state index contributed by atoms with van der Waals surface area (Å²) < 4.78 is 52.6. The lowest BCUT2D eigenvalue weighted by Gasteiger charge is -2.20. The molecule has 0 saturated heterocycles. The van der Waals surface area contributed by atoms with Gasteiger partial charge in [0.05, 0.1) is 11.9 Å². The molecule has 0 radical (unpaired) electrons. The Hall–Kier alpha value is -2.26. The Kier molecular flexibility index (Phi) is 6.04. The van der Waals surface area contributed by atoms with Gasteiger partial charge in [-0.1, -0.05) is 0 Å². The van der Waals surface area contributed by atoms with Crippen LogP contribution < -0.4 is 10.1 Å². The quantitative estimate of drug-likeness (QED) is 0.704. The third kappa shape index (κ3) is 5.43. The molecule has 9 heteroatoms. The number of nitrogens with zero attached hydrogens (tertiary/aromatic N) is 1. The van der Waals surface area contributed by atoms with Crippen molar-refractivity contribution in [3.63, 3.8) is 0 Å². The minimum Gasteiger partial charge on any atom is -0.406 e. The van der Waals surface area contributed by atoms with Gasteiger partial charge in [-0.05, 0) is 26.0 Å². The Morgan fingerprint density at radius 3 is 2.38 bits per heavy atom. The molecule has 1 aromatic heterocycles. The van der Waals surface area contributed by atoms with Crippen LogP contribution in [0.2, 0.25) is 0 Å². The lowest BCUT2D eigenvalue weighted by Crippen LogP contribution is -2.18. The highest BCUT2D eigenvalue weighted by atomic mass is 19.4. The summed E-state index contributed by atoms with van der Waals surface area (Å²) in [5.74, 6) is -0.365. The molecule has 0 amide bonds. The number of ether oxygens (including phenoxy) is 3. The van der Waals surface area contributed by atoms with Crippen molar-refractivity contribution in [2.24, 2.45) is 0 Å². The van der Waals surface area contributed by atoms with Gasteiger partial charge in [-0.15, -0.1) is 13.2 Å². The van der Waals surface area contributed by atoms with E-state index in [1.54, 1.807) is 26.1 Å². The van der Waals surface area contributed by atoms with Crippen LogP contribution in [0.25, 0.3) is 0 Å². The molecular weight excluding hydrogens is 327 g/mol. The number of alkyl halides is 3. The van der Waals surface area contributed by atoms with Crippen LogP contribution in [0.1, 0.15) is 25.7 Å². The van der Waals surface area contributed by atoms with E-state index in [0.717, 1.165) is 0 Å². The van der Waals surface area contributed by atoms with Crippen molar-refractivity contribution in [3.8, 4) is 5.75 Å². The van der Waals surface area contributed by atoms with Crippen molar-refractivity contribution >= 4 is 11.4 Å². The number of benzene rings is 1. The van der Waals surface area contributed by atoms with Gasteiger partial charge in [0.25, 0.3) is 0 Å². The molecular formula is C15H18F3N3O3. The largest absolute Gasteiger partial charge is 0.573 e. The average molecular weight is 345 g/mol. The number of hydrogen-bond donors (Lipinski definition) is 2. The highest BCUT2D eigenvalue weighted by molar-refractivity contribution is 5.61. The Bertz CT molecular complexity index is 627. The number of rotatable bonds is 8. The van der Waals surface area contributed by atoms with Crippen molar-refractivity contribution in [1.29, 1.82) is 0 Å². The van der Waals surface area contributed by atoms with Crippen LogP contribution in [0.15, 0.2) is 30.6 Å². The predicted octanol–water partition coefficient (Wildman–Crippen LogP) is 4.12. The minimum absolute atomic E-state index is 0.347. The fourth-order valence-corrected chi connectivity index (χ4v) is 2.05. The van der Waals surface area contributed by atoms with Crippen LogP contribution in [0.3, 0.4) is 0 Å². The molecule has 0 aliphatic heterocycles. The second-order valence-electron chi connectivity index (χ2n) is 4.69. The lowest BCUT2D eigenvalue weighted by atomic mass is 10.1. The zero-order valence-electron chi connectivity index (χ0n) is 13.2. The molecule has 0 spiro atoms. The third-order valence-corrected chi connectivity index (χ3v) is 2.86. The molecule has 2 aromatic rings. The molecule has 1 aromatic carbocycles. The number of halogens is 3. The van der Waals surface area contributed by atoms with Crippen LogP contribution in [0.5, 0.6) is 5.75 Å². The van der Waals surface area contributed by atoms with E-state index in [2.05, 4.69) is 20.3 Å². The molecule has 2 N–H and O–H groups in total. The van der Waals surface area contributed by atoms with Gasteiger partial charge in [0.2, 0.25) is 0 Å². The molecule has 0 saturated carbocycles.